The topological polar surface area (TPSA) is 107 Å². The Hall–Kier alpha value is -4.28. The third kappa shape index (κ3) is 5.48. The second-order valence-electron chi connectivity index (χ2n) is 10.6. The average molecular weight is 621 g/mol. The summed E-state index contributed by atoms with van der Waals surface area (Å²) in [6.45, 7) is 5.50. The van der Waals surface area contributed by atoms with Crippen LogP contribution in [0.1, 0.15) is 37.4 Å². The molecule has 222 valence electrons. The van der Waals surface area contributed by atoms with Gasteiger partial charge in [0.05, 0.1) is 35.5 Å². The first-order chi connectivity index (χ1) is 20.7. The molecule has 1 saturated heterocycles. The summed E-state index contributed by atoms with van der Waals surface area (Å²) in [5.41, 5.74) is 1.38. The highest BCUT2D eigenvalue weighted by Gasteiger charge is 2.48. The van der Waals surface area contributed by atoms with Gasteiger partial charge in [-0.3, -0.25) is 14.5 Å². The third-order valence-electron chi connectivity index (χ3n) is 7.26. The van der Waals surface area contributed by atoms with E-state index in [0.29, 0.717) is 75.5 Å². The summed E-state index contributed by atoms with van der Waals surface area (Å²) in [4.78, 5) is 33.4. The summed E-state index contributed by atoms with van der Waals surface area (Å²) < 4.78 is 23.7. The zero-order valence-corrected chi connectivity index (χ0v) is 25.3. The first-order valence-electron chi connectivity index (χ1n) is 13.8. The van der Waals surface area contributed by atoms with Gasteiger partial charge in [0.25, 0.3) is 5.78 Å². The number of anilines is 1. The fourth-order valence-corrected chi connectivity index (χ4v) is 6.33. The maximum Gasteiger partial charge on any atom is 0.301 e. The monoisotopic (exact) mass is 620 g/mol. The number of methoxy groups -OCH3 is 1. The Bertz CT molecular complexity index is 1770. The summed E-state index contributed by atoms with van der Waals surface area (Å²) in [7, 11) is 1.53. The van der Waals surface area contributed by atoms with Crippen LogP contribution >= 0.6 is 22.9 Å². The van der Waals surface area contributed by atoms with Gasteiger partial charge in [0.2, 0.25) is 0 Å². The Balaban J connectivity index is 1.49. The second kappa shape index (κ2) is 11.8. The highest BCUT2D eigenvalue weighted by atomic mass is 35.5. The number of carbonyl (C=O) groups excluding carboxylic acids is 2. The Morgan fingerprint density at radius 1 is 1.07 bits per heavy atom. The van der Waals surface area contributed by atoms with E-state index >= 15 is 0 Å². The number of aromatic nitrogens is 1. The van der Waals surface area contributed by atoms with Crippen molar-refractivity contribution in [2.24, 2.45) is 5.92 Å². The van der Waals surface area contributed by atoms with E-state index in [0.717, 1.165) is 11.1 Å². The maximum atomic E-state index is 13.7. The van der Waals surface area contributed by atoms with Crippen LogP contribution in [-0.4, -0.2) is 48.7 Å². The van der Waals surface area contributed by atoms with Crippen LogP contribution in [0.25, 0.3) is 16.0 Å². The van der Waals surface area contributed by atoms with Crippen molar-refractivity contribution in [2.45, 2.75) is 26.3 Å². The number of hydrogen-bond donors (Lipinski definition) is 1. The number of benzene rings is 3. The number of nitrogens with zero attached hydrogens (tertiary/aromatic N) is 2. The van der Waals surface area contributed by atoms with E-state index in [1.54, 1.807) is 54.6 Å². The van der Waals surface area contributed by atoms with Crippen molar-refractivity contribution in [3.05, 3.63) is 76.3 Å². The lowest BCUT2D eigenvalue weighted by atomic mass is 9.95. The van der Waals surface area contributed by atoms with Crippen LogP contribution in [0, 0.1) is 5.92 Å². The Labute approximate surface area is 257 Å². The van der Waals surface area contributed by atoms with E-state index in [2.05, 4.69) is 18.8 Å². The molecule has 3 heterocycles. The minimum absolute atomic E-state index is 0.0884. The normalized spacial score (nSPS) is 17.6. The molecule has 0 bridgehead atoms. The number of rotatable bonds is 8. The summed E-state index contributed by atoms with van der Waals surface area (Å²) in [6, 6.07) is 14.3. The number of amides is 1. The Kier molecular flexibility index (Phi) is 7.89. The minimum Gasteiger partial charge on any atom is -0.507 e. The largest absolute Gasteiger partial charge is 0.507 e. The van der Waals surface area contributed by atoms with Crippen molar-refractivity contribution in [1.29, 1.82) is 0 Å². The number of fused-ring (bicyclic) bond motifs is 2. The van der Waals surface area contributed by atoms with Gasteiger partial charge in [-0.2, -0.15) is 0 Å². The van der Waals surface area contributed by atoms with Crippen molar-refractivity contribution < 1.29 is 33.6 Å². The number of aliphatic hydroxyl groups excluding tert-OH is 1. The SMILES string of the molecule is COc1cc([C@@H]2/C(=C(\O)c3ccc4c(c3)OCCO4)C(=O)C(=O)N2c2nc3ccc(Cl)cc3s2)ccc1OCCC(C)C. The molecule has 1 aromatic heterocycles. The number of ether oxygens (including phenoxy) is 4. The number of carbonyl (C=O) groups is 2. The summed E-state index contributed by atoms with van der Waals surface area (Å²) >= 11 is 7.44. The Morgan fingerprint density at radius 3 is 2.63 bits per heavy atom. The molecular weight excluding hydrogens is 592 g/mol. The number of hydrogen-bond acceptors (Lipinski definition) is 9. The number of halogens is 1. The van der Waals surface area contributed by atoms with Crippen LogP contribution in [0.4, 0.5) is 5.13 Å². The lowest BCUT2D eigenvalue weighted by Gasteiger charge is -2.24. The number of ketones is 1. The number of Topliss-reactive ketones (excluding diaryl/α,β-unsaturated/α-hetero) is 1. The molecule has 1 N–H and O–H groups in total. The summed E-state index contributed by atoms with van der Waals surface area (Å²) in [5.74, 6) is 0.404. The van der Waals surface area contributed by atoms with E-state index in [9.17, 15) is 14.7 Å². The lowest BCUT2D eigenvalue weighted by Crippen LogP contribution is -2.29. The minimum atomic E-state index is -1.01. The Morgan fingerprint density at radius 2 is 1.86 bits per heavy atom. The molecule has 0 aliphatic carbocycles. The van der Waals surface area contributed by atoms with Gasteiger partial charge in [0, 0.05) is 10.6 Å². The number of aliphatic hydroxyl groups is 1. The summed E-state index contributed by atoms with van der Waals surface area (Å²) in [5, 5.41) is 12.4. The van der Waals surface area contributed by atoms with Crippen LogP contribution < -0.4 is 23.8 Å². The molecule has 43 heavy (non-hydrogen) atoms. The van der Waals surface area contributed by atoms with Crippen molar-refractivity contribution >= 4 is 55.7 Å². The van der Waals surface area contributed by atoms with E-state index in [4.69, 9.17) is 30.5 Å². The predicted octanol–water partition coefficient (Wildman–Crippen LogP) is 6.78. The molecule has 0 saturated carbocycles. The molecule has 1 amide bonds. The highest BCUT2D eigenvalue weighted by molar-refractivity contribution is 7.22. The molecule has 2 aliphatic rings. The van der Waals surface area contributed by atoms with Crippen molar-refractivity contribution in [3.8, 4) is 23.0 Å². The van der Waals surface area contributed by atoms with Gasteiger partial charge < -0.3 is 24.1 Å². The first-order valence-corrected chi connectivity index (χ1v) is 15.0. The van der Waals surface area contributed by atoms with Crippen molar-refractivity contribution in [3.63, 3.8) is 0 Å². The van der Waals surface area contributed by atoms with Gasteiger partial charge in [-0.1, -0.05) is 42.9 Å². The third-order valence-corrected chi connectivity index (χ3v) is 8.51. The van der Waals surface area contributed by atoms with Crippen molar-refractivity contribution in [2.75, 3.05) is 31.8 Å². The quantitative estimate of drug-likeness (QED) is 0.130. The summed E-state index contributed by atoms with van der Waals surface area (Å²) in [6.07, 6.45) is 0.863. The molecular formula is C32H29ClN2O7S. The zero-order chi connectivity index (χ0) is 30.2. The van der Waals surface area contributed by atoms with Gasteiger partial charge in [-0.05, 0) is 66.4 Å². The van der Waals surface area contributed by atoms with Crippen molar-refractivity contribution in [1.82, 2.24) is 4.98 Å². The smallest absolute Gasteiger partial charge is 0.301 e. The van der Waals surface area contributed by atoms with Gasteiger partial charge in [0.1, 0.15) is 19.0 Å². The van der Waals surface area contributed by atoms with E-state index in [-0.39, 0.29) is 11.3 Å². The van der Waals surface area contributed by atoms with Gasteiger partial charge in [-0.25, -0.2) is 4.98 Å². The molecule has 3 aromatic carbocycles. The van der Waals surface area contributed by atoms with Gasteiger partial charge >= 0.3 is 5.91 Å². The molecule has 11 heteroatoms. The molecule has 1 atom stereocenters. The lowest BCUT2D eigenvalue weighted by molar-refractivity contribution is -0.132. The van der Waals surface area contributed by atoms with Crippen LogP contribution in [0.3, 0.4) is 0 Å². The van der Waals surface area contributed by atoms with E-state index in [1.807, 2.05) is 0 Å². The molecule has 6 rings (SSSR count). The first kappa shape index (κ1) is 28.8. The van der Waals surface area contributed by atoms with Crippen LogP contribution in [0.15, 0.2) is 60.2 Å². The maximum absolute atomic E-state index is 13.7. The zero-order valence-electron chi connectivity index (χ0n) is 23.8. The molecule has 0 unspecified atom stereocenters. The van der Waals surface area contributed by atoms with Gasteiger partial charge in [0.15, 0.2) is 28.1 Å². The van der Waals surface area contributed by atoms with E-state index < -0.39 is 17.7 Å². The fraction of sp³-hybridized carbons (Fsp3) is 0.281. The number of thiazole rings is 1. The van der Waals surface area contributed by atoms with Crippen LogP contribution in [-0.2, 0) is 9.59 Å². The molecule has 1 fully saturated rings. The molecule has 9 nitrogen and oxygen atoms in total. The molecule has 0 spiro atoms. The van der Waals surface area contributed by atoms with Gasteiger partial charge in [-0.15, -0.1) is 0 Å². The van der Waals surface area contributed by atoms with Crippen LogP contribution in [0.5, 0.6) is 23.0 Å². The molecule has 0 radical (unpaired) electrons. The van der Waals surface area contributed by atoms with E-state index in [1.165, 1.54) is 23.3 Å². The molecule has 2 aliphatic heterocycles. The second-order valence-corrected chi connectivity index (χ2v) is 12.0. The predicted molar refractivity (Wildman–Crippen MR) is 165 cm³/mol. The van der Waals surface area contributed by atoms with Crippen LogP contribution in [0.2, 0.25) is 5.02 Å². The fourth-order valence-electron chi connectivity index (χ4n) is 5.06. The highest BCUT2D eigenvalue weighted by Crippen LogP contribution is 2.46. The average Bonchev–Trinajstić information content (AvgIpc) is 3.53. The standard InChI is InChI=1S/C32H29ClN2O7S/c1-17(2)10-11-40-22-8-4-18(14-24(22)39-3)28-27(29(36)19-5-9-23-25(15-19)42-13-12-41-23)30(37)31(38)35(28)32-34-21-7-6-20(33)16-26(21)43-32/h4-9,14-17,28,36H,10-13H2,1-3H3/b29-27+/t28-/m1/s1. The molecule has 4 aromatic rings.